The van der Waals surface area contributed by atoms with E-state index in [1.54, 1.807) is 41.2 Å². The van der Waals surface area contributed by atoms with Crippen molar-refractivity contribution in [2.75, 3.05) is 57.2 Å². The number of anilines is 2. The predicted molar refractivity (Wildman–Crippen MR) is 201 cm³/mol. The molecule has 51 heavy (non-hydrogen) atoms. The Morgan fingerprint density at radius 1 is 0.882 bits per heavy atom. The second kappa shape index (κ2) is 18.6. The van der Waals surface area contributed by atoms with Gasteiger partial charge in [0.2, 0.25) is 0 Å². The number of ether oxygens (including phenoxy) is 3. The van der Waals surface area contributed by atoms with Crippen molar-refractivity contribution < 1.29 is 23.8 Å². The molecule has 3 heterocycles. The Bertz CT molecular complexity index is 1710. The number of aryl methyl sites for hydroxylation is 4. The lowest BCUT2D eigenvalue weighted by molar-refractivity contribution is 0.0417. The summed E-state index contributed by atoms with van der Waals surface area (Å²) < 4.78 is 15.9. The lowest BCUT2D eigenvalue weighted by Gasteiger charge is -2.38. The number of carbonyl (C=O) groups is 2. The van der Waals surface area contributed by atoms with Crippen molar-refractivity contribution >= 4 is 52.7 Å². The van der Waals surface area contributed by atoms with E-state index in [0.29, 0.717) is 36.4 Å². The van der Waals surface area contributed by atoms with Gasteiger partial charge in [-0.05, 0) is 69.0 Å². The predicted octanol–water partition coefficient (Wildman–Crippen LogP) is 6.67. The van der Waals surface area contributed by atoms with E-state index >= 15 is 0 Å². The van der Waals surface area contributed by atoms with E-state index in [1.165, 1.54) is 23.9 Å². The minimum Gasteiger partial charge on any atom is -0.478 e. The summed E-state index contributed by atoms with van der Waals surface area (Å²) in [6, 6.07) is 15.1. The highest BCUT2D eigenvalue weighted by atomic mass is 35.5. The lowest BCUT2D eigenvalue weighted by atomic mass is 10.1. The number of nitrogens with zero attached hydrogens (tertiary/aromatic N) is 6. The molecule has 3 aromatic rings. The number of nitrogens with one attached hydrogen (secondary N) is 2. The third-order valence-corrected chi connectivity index (χ3v) is 8.91. The molecule has 2 aliphatic heterocycles. The molecule has 0 spiro atoms. The van der Waals surface area contributed by atoms with E-state index in [2.05, 4.69) is 62.5 Å². The van der Waals surface area contributed by atoms with Gasteiger partial charge in [-0.3, -0.25) is 10.6 Å². The Hall–Kier alpha value is -4.59. The zero-order valence-electron chi connectivity index (χ0n) is 30.1. The summed E-state index contributed by atoms with van der Waals surface area (Å²) >= 11 is 12.3. The number of hydrogen-bond donors (Lipinski definition) is 2. The van der Waals surface area contributed by atoms with Crippen molar-refractivity contribution in [2.24, 2.45) is 4.99 Å². The first kappa shape index (κ1) is 39.2. The van der Waals surface area contributed by atoms with Gasteiger partial charge in [0.15, 0.2) is 23.0 Å². The lowest BCUT2D eigenvalue weighted by Crippen LogP contribution is -2.56. The highest BCUT2D eigenvalue weighted by Crippen LogP contribution is 2.28. The van der Waals surface area contributed by atoms with Crippen LogP contribution in [0.15, 0.2) is 63.8 Å². The molecule has 1 unspecified atom stereocenters. The van der Waals surface area contributed by atoms with E-state index in [4.69, 9.17) is 37.4 Å². The van der Waals surface area contributed by atoms with Crippen LogP contribution >= 0.6 is 23.2 Å². The molecule has 2 N–H and O–H groups in total. The molecule has 3 amide bonds. The van der Waals surface area contributed by atoms with Gasteiger partial charge in [0.1, 0.15) is 10.9 Å². The number of likely N-dealkylation sites (N-methyl/N-ethyl adjacent to an activating group) is 1. The summed E-state index contributed by atoms with van der Waals surface area (Å²) in [6.07, 6.45) is 0.254. The van der Waals surface area contributed by atoms with Crippen LogP contribution in [-0.4, -0.2) is 90.9 Å². The first-order valence-electron chi connectivity index (χ1n) is 16.8. The summed E-state index contributed by atoms with van der Waals surface area (Å²) in [5.41, 5.74) is 5.37. The Labute approximate surface area is 309 Å². The second-order valence-corrected chi connectivity index (χ2v) is 12.4. The number of urea groups is 1. The standard InChI is InChI=1S/C20H27Cl2N5O2.C16H19N3O3/c1-5-27-17(22)16(21)23-18(19(27)29-4)24-20(28)26-8-6-25(7-9-26)15-11-13(2)10-14(3)12-15;1-4-12-13(5-2)18-15(21-3)14(17-12)19-16(20)22-11-9-7-6-8-10-11/h10-12,19H,5-9H2,1-4H3,(H,23,24,28);6-10H,4-5H2,1-3H3,(H,17,19,20). The Kier molecular flexibility index (Phi) is 14.3. The molecule has 0 bridgehead atoms. The Morgan fingerprint density at radius 3 is 2.08 bits per heavy atom. The molecule has 0 radical (unpaired) electrons. The third kappa shape index (κ3) is 10.2. The van der Waals surface area contributed by atoms with Gasteiger partial charge in [-0.2, -0.15) is 0 Å². The van der Waals surface area contributed by atoms with Gasteiger partial charge < -0.3 is 28.9 Å². The maximum absolute atomic E-state index is 12.8. The van der Waals surface area contributed by atoms with Crippen molar-refractivity contribution in [1.29, 1.82) is 0 Å². The molecular formula is C36H46Cl2N8O5. The Balaban J connectivity index is 0.000000238. The molecule has 15 heteroatoms. The molecule has 1 saturated heterocycles. The summed E-state index contributed by atoms with van der Waals surface area (Å²) in [5, 5.41) is 5.87. The van der Waals surface area contributed by atoms with Gasteiger partial charge in [0.05, 0.1) is 18.5 Å². The summed E-state index contributed by atoms with van der Waals surface area (Å²) in [6.45, 7) is 13.4. The van der Waals surface area contributed by atoms with Crippen LogP contribution < -0.4 is 25.0 Å². The van der Waals surface area contributed by atoms with E-state index in [9.17, 15) is 9.59 Å². The number of piperazine rings is 1. The number of carbonyl (C=O) groups excluding carboxylic acids is 2. The smallest absolute Gasteiger partial charge is 0.418 e. The first-order chi connectivity index (χ1) is 24.5. The van der Waals surface area contributed by atoms with Gasteiger partial charge in [0, 0.05) is 45.5 Å². The van der Waals surface area contributed by atoms with Crippen molar-refractivity contribution in [1.82, 2.24) is 25.1 Å². The van der Waals surface area contributed by atoms with Crippen LogP contribution in [0.4, 0.5) is 21.1 Å². The fraction of sp³-hybridized carbons (Fsp3) is 0.417. The van der Waals surface area contributed by atoms with E-state index < -0.39 is 12.3 Å². The average Bonchev–Trinajstić information content (AvgIpc) is 3.13. The van der Waals surface area contributed by atoms with Gasteiger partial charge in [0.25, 0.3) is 5.88 Å². The average molecular weight is 742 g/mol. The van der Waals surface area contributed by atoms with Crippen molar-refractivity contribution in [2.45, 2.75) is 53.7 Å². The fourth-order valence-corrected chi connectivity index (χ4v) is 6.14. The first-order valence-corrected chi connectivity index (χ1v) is 17.6. The largest absolute Gasteiger partial charge is 0.478 e. The molecule has 2 aromatic carbocycles. The number of hydrogen-bond acceptors (Lipinski definition) is 10. The molecule has 274 valence electrons. The highest BCUT2D eigenvalue weighted by molar-refractivity contribution is 6.39. The maximum Gasteiger partial charge on any atom is 0.418 e. The minimum absolute atomic E-state index is 0.136. The zero-order valence-corrected chi connectivity index (χ0v) is 31.6. The van der Waals surface area contributed by atoms with Crippen LogP contribution in [0.1, 0.15) is 43.3 Å². The number of aliphatic imine (C=N–C) groups is 1. The summed E-state index contributed by atoms with van der Waals surface area (Å²) in [5.74, 6) is 1.33. The van der Waals surface area contributed by atoms with Crippen molar-refractivity contribution in [3.63, 3.8) is 0 Å². The third-order valence-electron chi connectivity index (χ3n) is 8.15. The number of aromatic nitrogens is 2. The number of benzene rings is 2. The number of halogens is 2. The molecule has 5 rings (SSSR count). The van der Waals surface area contributed by atoms with Crippen LogP contribution in [0.5, 0.6) is 11.6 Å². The summed E-state index contributed by atoms with van der Waals surface area (Å²) in [4.78, 5) is 43.6. The van der Waals surface area contributed by atoms with Gasteiger partial charge in [-0.25, -0.2) is 24.5 Å². The molecular weight excluding hydrogens is 695 g/mol. The van der Waals surface area contributed by atoms with Gasteiger partial charge in [-0.1, -0.05) is 61.3 Å². The van der Waals surface area contributed by atoms with Crippen molar-refractivity contribution in [3.05, 3.63) is 81.4 Å². The second-order valence-electron chi connectivity index (χ2n) is 11.7. The van der Waals surface area contributed by atoms with Crippen molar-refractivity contribution in [3.8, 4) is 11.6 Å². The number of para-hydroxylation sites is 1. The van der Waals surface area contributed by atoms with Crippen LogP contribution in [-0.2, 0) is 17.6 Å². The molecule has 13 nitrogen and oxygen atoms in total. The molecule has 1 atom stereocenters. The molecule has 2 aliphatic rings. The van der Waals surface area contributed by atoms with E-state index in [-0.39, 0.29) is 22.9 Å². The quantitative estimate of drug-likeness (QED) is 0.243. The summed E-state index contributed by atoms with van der Waals surface area (Å²) in [7, 11) is 3.03. The van der Waals surface area contributed by atoms with E-state index in [1.807, 2.05) is 26.8 Å². The number of amides is 3. The van der Waals surface area contributed by atoms with Crippen LogP contribution in [0.3, 0.4) is 0 Å². The number of amidine groups is 1. The number of rotatable bonds is 8. The topological polar surface area (TPSA) is 134 Å². The van der Waals surface area contributed by atoms with Crippen LogP contribution in [0, 0.1) is 13.8 Å². The van der Waals surface area contributed by atoms with Crippen LogP contribution in [0.2, 0.25) is 0 Å². The molecule has 1 fully saturated rings. The monoisotopic (exact) mass is 740 g/mol. The fourth-order valence-electron chi connectivity index (χ4n) is 5.69. The number of methoxy groups -OCH3 is 2. The maximum atomic E-state index is 12.8. The zero-order chi connectivity index (χ0) is 37.1. The SMILES string of the molecule is CCN1C(Cl)=C(Cl)N=C(NC(=O)N2CCN(c3cc(C)cc(C)c3)CC2)C1OC.CCc1nc(NC(=O)Oc2ccccc2)c(OC)nc1CC. The highest BCUT2D eigenvalue weighted by Gasteiger charge is 2.32. The normalized spacial score (nSPS) is 15.8. The Morgan fingerprint density at radius 2 is 1.51 bits per heavy atom. The van der Waals surface area contributed by atoms with Crippen LogP contribution in [0.25, 0.3) is 0 Å². The molecule has 0 saturated carbocycles. The van der Waals surface area contributed by atoms with Gasteiger partial charge >= 0.3 is 12.1 Å². The van der Waals surface area contributed by atoms with E-state index in [0.717, 1.165) is 37.3 Å². The van der Waals surface area contributed by atoms with Gasteiger partial charge in [-0.15, -0.1) is 0 Å². The minimum atomic E-state index is -0.634. The molecule has 1 aromatic heterocycles. The molecule has 0 aliphatic carbocycles.